The molecule has 220 valence electrons. The summed E-state index contributed by atoms with van der Waals surface area (Å²) in [5, 5.41) is 3.64. The highest BCUT2D eigenvalue weighted by atomic mass is 35.5. The van der Waals surface area contributed by atoms with Crippen LogP contribution in [0.25, 0.3) is 0 Å². The lowest BCUT2D eigenvalue weighted by atomic mass is 10.1. The Morgan fingerprint density at radius 1 is 1.00 bits per heavy atom. The number of rotatable bonds is 12. The summed E-state index contributed by atoms with van der Waals surface area (Å²) >= 11 is 12.5. The number of hydrogen-bond donors (Lipinski definition) is 1. The number of nitrogens with one attached hydrogen (secondary N) is 1. The van der Waals surface area contributed by atoms with Gasteiger partial charge < -0.3 is 15.0 Å². The molecule has 3 rings (SSSR count). The summed E-state index contributed by atoms with van der Waals surface area (Å²) in [6, 6.07) is 16.7. The molecule has 0 spiro atoms. The number of methoxy groups -OCH3 is 1. The van der Waals surface area contributed by atoms with E-state index in [4.69, 9.17) is 27.9 Å². The van der Waals surface area contributed by atoms with Crippen molar-refractivity contribution in [3.63, 3.8) is 0 Å². The van der Waals surface area contributed by atoms with Crippen LogP contribution in [-0.2, 0) is 26.2 Å². The Hall–Kier alpha value is -3.27. The zero-order chi connectivity index (χ0) is 30.3. The minimum Gasteiger partial charge on any atom is -0.495 e. The first-order valence-electron chi connectivity index (χ1n) is 13.1. The molecule has 0 bridgehead atoms. The topological polar surface area (TPSA) is 96.0 Å². The van der Waals surface area contributed by atoms with Crippen LogP contribution in [0.3, 0.4) is 0 Å². The van der Waals surface area contributed by atoms with Crippen LogP contribution in [0.5, 0.6) is 5.75 Å². The van der Waals surface area contributed by atoms with E-state index < -0.39 is 28.5 Å². The lowest BCUT2D eigenvalue weighted by molar-refractivity contribution is -0.139. The summed E-state index contributed by atoms with van der Waals surface area (Å²) in [5.41, 5.74) is 1.52. The van der Waals surface area contributed by atoms with E-state index in [9.17, 15) is 18.0 Å². The molecule has 8 nitrogen and oxygen atoms in total. The number of nitrogens with zero attached hydrogens (tertiary/aromatic N) is 2. The van der Waals surface area contributed by atoms with Crippen molar-refractivity contribution < 1.29 is 22.7 Å². The molecule has 3 aromatic rings. The lowest BCUT2D eigenvalue weighted by Crippen LogP contribution is -2.52. The van der Waals surface area contributed by atoms with Gasteiger partial charge in [0, 0.05) is 22.6 Å². The van der Waals surface area contributed by atoms with E-state index in [-0.39, 0.29) is 34.8 Å². The maximum atomic E-state index is 14.1. The van der Waals surface area contributed by atoms with Gasteiger partial charge in [-0.2, -0.15) is 0 Å². The van der Waals surface area contributed by atoms with Crippen molar-refractivity contribution in [1.29, 1.82) is 0 Å². The fourth-order valence-electron chi connectivity index (χ4n) is 4.11. The van der Waals surface area contributed by atoms with Crippen LogP contribution in [0.4, 0.5) is 5.69 Å². The molecule has 0 saturated carbocycles. The number of halogens is 2. The quantitative estimate of drug-likeness (QED) is 0.275. The maximum Gasteiger partial charge on any atom is 0.264 e. The van der Waals surface area contributed by atoms with E-state index in [1.165, 1.54) is 24.1 Å². The second kappa shape index (κ2) is 14.1. The molecule has 0 aromatic heterocycles. The summed E-state index contributed by atoms with van der Waals surface area (Å²) in [6.45, 7) is 6.58. The first-order valence-corrected chi connectivity index (χ1v) is 15.3. The third-order valence-corrected chi connectivity index (χ3v) is 9.10. The molecule has 0 unspecified atom stereocenters. The molecule has 2 amide bonds. The minimum atomic E-state index is -4.23. The smallest absolute Gasteiger partial charge is 0.264 e. The van der Waals surface area contributed by atoms with E-state index >= 15 is 0 Å². The van der Waals surface area contributed by atoms with Gasteiger partial charge in [0.2, 0.25) is 11.8 Å². The van der Waals surface area contributed by atoms with Crippen LogP contribution in [0.1, 0.15) is 38.3 Å². The highest BCUT2D eigenvalue weighted by Crippen LogP contribution is 2.34. The number of anilines is 1. The number of carbonyl (C=O) groups is 2. The molecule has 0 aliphatic carbocycles. The molecule has 0 heterocycles. The zero-order valence-corrected chi connectivity index (χ0v) is 26.1. The van der Waals surface area contributed by atoms with E-state index in [1.54, 1.807) is 61.5 Å². The highest BCUT2D eigenvalue weighted by Gasteiger charge is 2.34. The number of amides is 2. The van der Waals surface area contributed by atoms with Gasteiger partial charge in [0.1, 0.15) is 18.3 Å². The van der Waals surface area contributed by atoms with Crippen LogP contribution in [0, 0.1) is 6.92 Å². The molecule has 1 N–H and O–H groups in total. The van der Waals surface area contributed by atoms with Crippen molar-refractivity contribution in [3.05, 3.63) is 87.9 Å². The maximum absolute atomic E-state index is 14.1. The number of sulfonamides is 1. The van der Waals surface area contributed by atoms with Crippen LogP contribution in [0.2, 0.25) is 10.0 Å². The van der Waals surface area contributed by atoms with E-state index in [2.05, 4.69) is 5.32 Å². The predicted octanol–water partition coefficient (Wildman–Crippen LogP) is 5.84. The van der Waals surface area contributed by atoms with Crippen molar-refractivity contribution in [2.45, 2.75) is 57.6 Å². The van der Waals surface area contributed by atoms with Crippen LogP contribution in [0.15, 0.2) is 71.6 Å². The largest absolute Gasteiger partial charge is 0.495 e. The normalized spacial score (nSPS) is 12.8. The summed E-state index contributed by atoms with van der Waals surface area (Å²) in [5.74, 6) is -0.702. The number of hydrogen-bond acceptors (Lipinski definition) is 5. The minimum absolute atomic E-state index is 0.00576. The second-order valence-corrected chi connectivity index (χ2v) is 12.5. The van der Waals surface area contributed by atoms with Gasteiger partial charge in [0.25, 0.3) is 10.0 Å². The first-order chi connectivity index (χ1) is 19.4. The average Bonchev–Trinajstić information content (AvgIpc) is 2.95. The molecule has 11 heteroatoms. The first kappa shape index (κ1) is 32.2. The Morgan fingerprint density at radius 2 is 1.68 bits per heavy atom. The standard InChI is InChI=1S/C30H35Cl2N3O5S/c1-6-21(3)33-30(37)22(4)34(18-23-13-14-24(31)17-26(23)32)29(36)19-35(27-16-20(2)12-15-28(27)40-5)41(38,39)25-10-8-7-9-11-25/h7-17,21-22H,6,18-19H2,1-5H3,(H,33,37)/t21-,22-/m0/s1. The highest BCUT2D eigenvalue weighted by molar-refractivity contribution is 7.92. The molecule has 0 radical (unpaired) electrons. The van der Waals surface area contributed by atoms with Gasteiger partial charge in [-0.15, -0.1) is 0 Å². The molecule has 0 saturated heterocycles. The van der Waals surface area contributed by atoms with Crippen molar-refractivity contribution in [2.75, 3.05) is 18.0 Å². The van der Waals surface area contributed by atoms with Gasteiger partial charge in [-0.25, -0.2) is 8.42 Å². The molecule has 0 aliphatic rings. The van der Waals surface area contributed by atoms with Crippen molar-refractivity contribution in [1.82, 2.24) is 10.2 Å². The lowest BCUT2D eigenvalue weighted by Gasteiger charge is -2.33. The Kier molecular flexibility index (Phi) is 11.1. The summed E-state index contributed by atoms with van der Waals surface area (Å²) < 4.78 is 34.5. The van der Waals surface area contributed by atoms with Crippen LogP contribution < -0.4 is 14.4 Å². The molecule has 41 heavy (non-hydrogen) atoms. The fraction of sp³-hybridized carbons (Fsp3) is 0.333. The third kappa shape index (κ3) is 7.93. The van der Waals surface area contributed by atoms with E-state index in [1.807, 2.05) is 20.8 Å². The van der Waals surface area contributed by atoms with Crippen LogP contribution in [-0.4, -0.2) is 50.9 Å². The average molecular weight is 621 g/mol. The van der Waals surface area contributed by atoms with Crippen molar-refractivity contribution in [3.8, 4) is 5.75 Å². The number of carbonyl (C=O) groups excluding carboxylic acids is 2. The van der Waals surface area contributed by atoms with Gasteiger partial charge in [-0.05, 0) is 74.7 Å². The van der Waals surface area contributed by atoms with Gasteiger partial charge >= 0.3 is 0 Å². The zero-order valence-electron chi connectivity index (χ0n) is 23.7. The van der Waals surface area contributed by atoms with Gasteiger partial charge in [0.15, 0.2) is 0 Å². The third-order valence-electron chi connectivity index (χ3n) is 6.74. The Bertz CT molecular complexity index is 1480. The second-order valence-electron chi connectivity index (χ2n) is 9.75. The van der Waals surface area contributed by atoms with Gasteiger partial charge in [0.05, 0.1) is 17.7 Å². The van der Waals surface area contributed by atoms with E-state index in [0.29, 0.717) is 22.0 Å². The van der Waals surface area contributed by atoms with Gasteiger partial charge in [-0.1, -0.05) is 60.5 Å². The predicted molar refractivity (Wildman–Crippen MR) is 163 cm³/mol. The number of ether oxygens (including phenoxy) is 1. The van der Waals surface area contributed by atoms with Gasteiger partial charge in [-0.3, -0.25) is 13.9 Å². The molecular weight excluding hydrogens is 585 g/mol. The molecule has 2 atom stereocenters. The molecule has 0 aliphatic heterocycles. The molecule has 0 fully saturated rings. The fourth-order valence-corrected chi connectivity index (χ4v) is 6.02. The Morgan fingerprint density at radius 3 is 2.29 bits per heavy atom. The monoisotopic (exact) mass is 619 g/mol. The van der Waals surface area contributed by atoms with Crippen molar-refractivity contribution >= 4 is 50.7 Å². The summed E-state index contributed by atoms with van der Waals surface area (Å²) in [7, 11) is -2.80. The SMILES string of the molecule is CC[C@H](C)NC(=O)[C@H](C)N(Cc1ccc(Cl)cc1Cl)C(=O)CN(c1cc(C)ccc1OC)S(=O)(=O)c1ccccc1. The Balaban J connectivity index is 2.10. The van der Waals surface area contributed by atoms with Crippen LogP contribution >= 0.6 is 23.2 Å². The molecular formula is C30H35Cl2N3O5S. The van der Waals surface area contributed by atoms with E-state index in [0.717, 1.165) is 9.87 Å². The number of benzene rings is 3. The number of aryl methyl sites for hydroxylation is 1. The summed E-state index contributed by atoms with van der Waals surface area (Å²) in [4.78, 5) is 28.6. The van der Waals surface area contributed by atoms with Crippen molar-refractivity contribution in [2.24, 2.45) is 0 Å². The Labute approximate surface area is 252 Å². The summed E-state index contributed by atoms with van der Waals surface area (Å²) in [6.07, 6.45) is 0.700. The molecule has 3 aromatic carbocycles.